The molecule has 2 aromatic carbocycles. The minimum Gasteiger partial charge on any atom is -0.360 e. The Kier molecular flexibility index (Phi) is 4.15. The van der Waals surface area contributed by atoms with Crippen molar-refractivity contribution in [3.8, 4) is 0 Å². The summed E-state index contributed by atoms with van der Waals surface area (Å²) in [5.41, 5.74) is 0.719. The third-order valence-corrected chi connectivity index (χ3v) is 6.46. The number of para-hydroxylation sites is 1. The number of anilines is 1. The van der Waals surface area contributed by atoms with Gasteiger partial charge in [0, 0.05) is 36.7 Å². The molecule has 27 heavy (non-hydrogen) atoms. The number of alkyl halides is 3. The molecule has 0 atom stereocenters. The van der Waals surface area contributed by atoms with Crippen LogP contribution < -0.4 is 9.62 Å². The quantitative estimate of drug-likeness (QED) is 0.698. The Bertz CT molecular complexity index is 1110. The molecule has 1 aliphatic rings. The molecule has 0 aliphatic carbocycles. The van der Waals surface area contributed by atoms with Gasteiger partial charge in [0.2, 0.25) is 0 Å². The van der Waals surface area contributed by atoms with Crippen molar-refractivity contribution < 1.29 is 21.6 Å². The van der Waals surface area contributed by atoms with Crippen LogP contribution in [-0.2, 0) is 22.7 Å². The summed E-state index contributed by atoms with van der Waals surface area (Å²) in [5.74, 6) is 0. The van der Waals surface area contributed by atoms with Gasteiger partial charge < -0.3 is 10.3 Å². The highest BCUT2D eigenvalue weighted by atomic mass is 32.2. The fourth-order valence-electron chi connectivity index (χ4n) is 3.29. The van der Waals surface area contributed by atoms with Crippen molar-refractivity contribution in [1.29, 1.82) is 0 Å². The molecule has 1 aliphatic heterocycles. The SMILES string of the molecule is O=S(=O)(c1c[nH]c2cc(C(F)(F)F)ccc12)N1CCNCc2ccccc21. The molecule has 2 heterocycles. The number of nitrogens with one attached hydrogen (secondary N) is 2. The predicted molar refractivity (Wildman–Crippen MR) is 96.0 cm³/mol. The number of rotatable bonds is 2. The maximum Gasteiger partial charge on any atom is 0.416 e. The van der Waals surface area contributed by atoms with Gasteiger partial charge in [-0.05, 0) is 23.8 Å². The van der Waals surface area contributed by atoms with Crippen molar-refractivity contribution in [2.24, 2.45) is 0 Å². The molecular weight excluding hydrogens is 379 g/mol. The van der Waals surface area contributed by atoms with Crippen LogP contribution in [-0.4, -0.2) is 26.5 Å². The van der Waals surface area contributed by atoms with E-state index in [9.17, 15) is 21.6 Å². The zero-order valence-corrected chi connectivity index (χ0v) is 14.9. The summed E-state index contributed by atoms with van der Waals surface area (Å²) in [6, 6.07) is 10.2. The van der Waals surface area contributed by atoms with Crippen molar-refractivity contribution in [2.45, 2.75) is 17.6 Å². The van der Waals surface area contributed by atoms with Crippen molar-refractivity contribution in [3.63, 3.8) is 0 Å². The van der Waals surface area contributed by atoms with Crippen LogP contribution in [0.2, 0.25) is 0 Å². The molecule has 1 aromatic heterocycles. The molecule has 0 fully saturated rings. The number of aromatic nitrogens is 1. The number of nitrogens with zero attached hydrogens (tertiary/aromatic N) is 1. The second-order valence-corrected chi connectivity index (χ2v) is 8.12. The van der Waals surface area contributed by atoms with E-state index in [1.807, 2.05) is 12.1 Å². The number of hydrogen-bond donors (Lipinski definition) is 2. The van der Waals surface area contributed by atoms with E-state index in [4.69, 9.17) is 0 Å². The van der Waals surface area contributed by atoms with Crippen LogP contribution in [0.5, 0.6) is 0 Å². The van der Waals surface area contributed by atoms with Gasteiger partial charge in [0.1, 0.15) is 4.90 Å². The van der Waals surface area contributed by atoms with Crippen molar-refractivity contribution in [2.75, 3.05) is 17.4 Å². The van der Waals surface area contributed by atoms with Gasteiger partial charge >= 0.3 is 6.18 Å². The van der Waals surface area contributed by atoms with Crippen LogP contribution in [0.15, 0.2) is 53.6 Å². The lowest BCUT2D eigenvalue weighted by molar-refractivity contribution is -0.137. The zero-order valence-electron chi connectivity index (χ0n) is 14.0. The highest BCUT2D eigenvalue weighted by Gasteiger charge is 2.33. The fraction of sp³-hybridized carbons (Fsp3) is 0.222. The van der Waals surface area contributed by atoms with E-state index in [0.29, 0.717) is 18.8 Å². The number of hydrogen-bond acceptors (Lipinski definition) is 3. The molecule has 2 N–H and O–H groups in total. The Morgan fingerprint density at radius 2 is 1.85 bits per heavy atom. The largest absolute Gasteiger partial charge is 0.416 e. The van der Waals surface area contributed by atoms with Crippen molar-refractivity contribution in [3.05, 3.63) is 59.8 Å². The Hall–Kier alpha value is -2.52. The third kappa shape index (κ3) is 3.06. The molecular formula is C18H16F3N3O2S. The molecule has 9 heteroatoms. The van der Waals surface area contributed by atoms with Crippen LogP contribution in [0.3, 0.4) is 0 Å². The topological polar surface area (TPSA) is 65.2 Å². The summed E-state index contributed by atoms with van der Waals surface area (Å²) in [7, 11) is -3.95. The van der Waals surface area contributed by atoms with Gasteiger partial charge in [-0.25, -0.2) is 8.42 Å². The summed E-state index contributed by atoms with van der Waals surface area (Å²) in [4.78, 5) is 2.63. The normalized spacial score (nSPS) is 15.6. The Labute approximate surface area is 153 Å². The molecule has 0 saturated heterocycles. The predicted octanol–water partition coefficient (Wildman–Crippen LogP) is 3.49. The molecule has 4 rings (SSSR count). The van der Waals surface area contributed by atoms with E-state index < -0.39 is 21.8 Å². The van der Waals surface area contributed by atoms with E-state index >= 15 is 0 Å². The summed E-state index contributed by atoms with van der Waals surface area (Å²) in [6.07, 6.45) is -3.24. The molecule has 0 radical (unpaired) electrons. The number of fused-ring (bicyclic) bond motifs is 2. The van der Waals surface area contributed by atoms with Crippen LogP contribution in [0.25, 0.3) is 10.9 Å². The molecule has 0 spiro atoms. The highest BCUT2D eigenvalue weighted by molar-refractivity contribution is 7.93. The lowest BCUT2D eigenvalue weighted by Crippen LogP contribution is -2.34. The standard InChI is InChI=1S/C18H16F3N3O2S/c19-18(20,21)13-5-6-14-15(9-13)23-11-17(14)27(25,26)24-8-7-22-10-12-3-1-2-4-16(12)24/h1-6,9,11,22-23H,7-8,10H2. The van der Waals surface area contributed by atoms with Crippen LogP contribution in [0.4, 0.5) is 18.9 Å². The van der Waals surface area contributed by atoms with E-state index in [1.54, 1.807) is 12.1 Å². The molecule has 3 aromatic rings. The molecule has 5 nitrogen and oxygen atoms in total. The lowest BCUT2D eigenvalue weighted by Gasteiger charge is -2.23. The smallest absolute Gasteiger partial charge is 0.360 e. The van der Waals surface area contributed by atoms with Crippen LogP contribution >= 0.6 is 0 Å². The number of aromatic amines is 1. The first kappa shape index (κ1) is 17.9. The number of sulfonamides is 1. The second-order valence-electron chi connectivity index (χ2n) is 6.29. The minimum absolute atomic E-state index is 0.0390. The Morgan fingerprint density at radius 1 is 1.07 bits per heavy atom. The third-order valence-electron chi connectivity index (χ3n) is 4.61. The van der Waals surface area contributed by atoms with Gasteiger partial charge in [-0.1, -0.05) is 24.3 Å². The summed E-state index contributed by atoms with van der Waals surface area (Å²) >= 11 is 0. The summed E-state index contributed by atoms with van der Waals surface area (Å²) in [6.45, 7) is 1.24. The first-order chi connectivity index (χ1) is 12.8. The average molecular weight is 395 g/mol. The van der Waals surface area contributed by atoms with Crippen molar-refractivity contribution in [1.82, 2.24) is 10.3 Å². The summed E-state index contributed by atoms with van der Waals surface area (Å²) < 4.78 is 66.7. The average Bonchev–Trinajstić information content (AvgIpc) is 2.93. The monoisotopic (exact) mass is 395 g/mol. The minimum atomic E-state index is -4.49. The Balaban J connectivity index is 1.83. The van der Waals surface area contributed by atoms with Gasteiger partial charge in [0.15, 0.2) is 0 Å². The van der Waals surface area contributed by atoms with E-state index in [2.05, 4.69) is 10.3 Å². The van der Waals surface area contributed by atoms with Crippen LogP contribution in [0.1, 0.15) is 11.1 Å². The van der Waals surface area contributed by atoms with Gasteiger partial charge in [-0.3, -0.25) is 4.31 Å². The molecule has 142 valence electrons. The maximum atomic E-state index is 13.3. The second kappa shape index (κ2) is 6.28. The van der Waals surface area contributed by atoms with Gasteiger partial charge in [0.25, 0.3) is 10.0 Å². The van der Waals surface area contributed by atoms with Crippen molar-refractivity contribution >= 4 is 26.6 Å². The first-order valence-electron chi connectivity index (χ1n) is 8.28. The first-order valence-corrected chi connectivity index (χ1v) is 9.72. The van der Waals surface area contributed by atoms with Gasteiger partial charge in [-0.2, -0.15) is 13.2 Å². The molecule has 0 saturated carbocycles. The lowest BCUT2D eigenvalue weighted by atomic mass is 10.1. The highest BCUT2D eigenvalue weighted by Crippen LogP contribution is 2.35. The van der Waals surface area contributed by atoms with Crippen LogP contribution in [0, 0.1) is 0 Å². The van der Waals surface area contributed by atoms with E-state index in [-0.39, 0.29) is 22.3 Å². The molecule has 0 bridgehead atoms. The van der Waals surface area contributed by atoms with Gasteiger partial charge in [0.05, 0.1) is 11.3 Å². The zero-order chi connectivity index (χ0) is 19.2. The molecule has 0 amide bonds. The van der Waals surface area contributed by atoms with E-state index in [0.717, 1.165) is 17.7 Å². The van der Waals surface area contributed by atoms with E-state index in [1.165, 1.54) is 16.6 Å². The maximum absolute atomic E-state index is 13.3. The number of H-pyrrole nitrogens is 1. The summed E-state index contributed by atoms with van der Waals surface area (Å²) in [5, 5.41) is 3.41. The number of halogens is 3. The Morgan fingerprint density at radius 3 is 2.63 bits per heavy atom. The fourth-order valence-corrected chi connectivity index (χ4v) is 4.96. The van der Waals surface area contributed by atoms with Gasteiger partial charge in [-0.15, -0.1) is 0 Å². The number of benzene rings is 2. The molecule has 0 unspecified atom stereocenters.